The number of nitrogens with zero attached hydrogens (tertiary/aromatic N) is 7. The molecule has 1 saturated heterocycles. The number of hydrogen-bond donors (Lipinski definition) is 4. The quantitative estimate of drug-likeness (QED) is 0.0606. The molecule has 6 rings (SSSR count). The van der Waals surface area contributed by atoms with E-state index in [4.69, 9.17) is 15.2 Å². The Hall–Kier alpha value is -7.31. The summed E-state index contributed by atoms with van der Waals surface area (Å²) in [7, 11) is 0. The lowest BCUT2D eigenvalue weighted by atomic mass is 10.1. The maximum absolute atomic E-state index is 15.3. The molecule has 0 bridgehead atoms. The van der Waals surface area contributed by atoms with Gasteiger partial charge in [0.05, 0.1) is 23.9 Å². The van der Waals surface area contributed by atoms with E-state index in [9.17, 15) is 29.1 Å². The van der Waals surface area contributed by atoms with Crippen LogP contribution in [-0.4, -0.2) is 92.2 Å². The van der Waals surface area contributed by atoms with Gasteiger partial charge in [0.15, 0.2) is 5.90 Å². The summed E-state index contributed by atoms with van der Waals surface area (Å²) in [5.41, 5.74) is 7.39. The van der Waals surface area contributed by atoms with E-state index in [1.807, 2.05) is 30.3 Å². The minimum Gasteiger partial charge on any atom is -0.477 e. The molecule has 1 unspecified atom stereocenters. The van der Waals surface area contributed by atoms with E-state index in [-0.39, 0.29) is 49.8 Å². The number of carboxylic acid groups (broad SMARTS) is 1. The molecule has 4 amide bonds. The van der Waals surface area contributed by atoms with Gasteiger partial charge in [0.1, 0.15) is 36.3 Å². The molecule has 19 heteroatoms. The number of carbonyl (C=O) groups is 4. The molecule has 1 aliphatic rings. The fourth-order valence-corrected chi connectivity index (χ4v) is 6.76. The number of aryl methyl sites for hydroxylation is 1. The summed E-state index contributed by atoms with van der Waals surface area (Å²) in [6.07, 6.45) is 3.11. The first-order chi connectivity index (χ1) is 29.4. The Balaban J connectivity index is 1.01. The lowest BCUT2D eigenvalue weighted by Crippen LogP contribution is -2.49. The number of aliphatic imine (C=N–C) groups is 1. The number of aromatic nitrogens is 4. The minimum atomic E-state index is -1.38. The molecule has 61 heavy (non-hydrogen) atoms. The predicted molar refractivity (Wildman–Crippen MR) is 224 cm³/mol. The molecule has 1 atom stereocenters. The zero-order valence-corrected chi connectivity index (χ0v) is 33.8. The van der Waals surface area contributed by atoms with Gasteiger partial charge in [0.25, 0.3) is 0 Å². The molecule has 3 heterocycles. The zero-order chi connectivity index (χ0) is 43.5. The van der Waals surface area contributed by atoms with Crippen LogP contribution in [0.25, 0.3) is 10.9 Å². The normalized spacial score (nSPS) is 13.5. The van der Waals surface area contributed by atoms with Crippen LogP contribution in [0.2, 0.25) is 0 Å². The Kier molecular flexibility index (Phi) is 14.3. The third-order valence-electron chi connectivity index (χ3n) is 10.1. The third-order valence-corrected chi connectivity index (χ3v) is 10.1. The number of hydrogen-bond acceptors (Lipinski definition) is 11. The van der Waals surface area contributed by atoms with Crippen molar-refractivity contribution in [3.8, 4) is 0 Å². The summed E-state index contributed by atoms with van der Waals surface area (Å²) in [5.74, 6) is -1.93. The lowest BCUT2D eigenvalue weighted by Gasteiger charge is -2.35. The van der Waals surface area contributed by atoms with Crippen LogP contribution in [0.5, 0.6) is 0 Å². The van der Waals surface area contributed by atoms with E-state index in [2.05, 4.69) is 25.9 Å². The summed E-state index contributed by atoms with van der Waals surface area (Å²) in [4.78, 5) is 69.8. The Bertz CT molecular complexity index is 2450. The van der Waals surface area contributed by atoms with Gasteiger partial charge in [-0.3, -0.25) is 9.59 Å². The first-order valence-electron chi connectivity index (χ1n) is 19.7. The molecule has 0 saturated carbocycles. The average Bonchev–Trinajstić information content (AvgIpc) is 3.73. The van der Waals surface area contributed by atoms with Crippen LogP contribution in [0.3, 0.4) is 0 Å². The van der Waals surface area contributed by atoms with E-state index >= 15 is 4.39 Å². The molecular formula is C42H47FN10O8. The highest BCUT2D eigenvalue weighted by Crippen LogP contribution is 2.27. The summed E-state index contributed by atoms with van der Waals surface area (Å²) < 4.78 is 29.7. The van der Waals surface area contributed by atoms with Gasteiger partial charge < -0.3 is 45.3 Å². The Morgan fingerprint density at radius 2 is 1.67 bits per heavy atom. The van der Waals surface area contributed by atoms with Crippen LogP contribution in [0, 0.1) is 5.82 Å². The Labute approximate surface area is 349 Å². The highest BCUT2D eigenvalue weighted by molar-refractivity contribution is 5.94. The van der Waals surface area contributed by atoms with E-state index < -0.39 is 40.9 Å². The number of anilines is 2. The first kappa shape index (κ1) is 43.3. The standard InChI is InChI=1S/C42H47FN10O8/c1-3-50-24-33(40(56)57)38(54)32-20-34(43)37(21-36(32)50)51-16-18-52(19-17-51)42(59)61-26-29-11-13-30(14-12-29)47-39(55)35(10-7-15-45-41(44)58)53-23-31(48-49-53)22-46-27(2)60-25-28-8-5-4-6-9-28/h4-6,8-9,11-14,20-21,23-24,35H,3,7,10,15-19,22,25-26H2,1-2H3,(H,47,55)(H,56,57)(H3,44,45,58). The topological polar surface area (TPSA) is 229 Å². The maximum Gasteiger partial charge on any atom is 0.410 e. The van der Waals surface area contributed by atoms with Gasteiger partial charge in [-0.05, 0) is 55.2 Å². The van der Waals surface area contributed by atoms with Gasteiger partial charge in [-0.15, -0.1) is 5.10 Å². The molecule has 1 fully saturated rings. The number of nitrogens with two attached hydrogens (primary N) is 1. The number of primary amides is 1. The number of amides is 4. The molecule has 2 aromatic heterocycles. The Morgan fingerprint density at radius 1 is 0.967 bits per heavy atom. The number of fused-ring (bicyclic) bond motifs is 1. The van der Waals surface area contributed by atoms with Crippen LogP contribution in [0.1, 0.15) is 59.9 Å². The SMILES string of the molecule is CCn1cc(C(=O)O)c(=O)c2cc(F)c(N3CCN(C(=O)OCc4ccc(NC(=O)C(CCCNC(N)=O)n5cc(CN=C(C)OCc6ccccc6)nn5)cc4)CC3)cc21. The van der Waals surface area contributed by atoms with Crippen LogP contribution in [0.15, 0.2) is 88.9 Å². The van der Waals surface area contributed by atoms with Crippen LogP contribution < -0.4 is 26.7 Å². The van der Waals surface area contributed by atoms with Crippen LogP contribution in [0.4, 0.5) is 25.4 Å². The number of piperazine rings is 1. The first-order valence-corrected chi connectivity index (χ1v) is 19.7. The van der Waals surface area contributed by atoms with E-state index in [1.165, 1.54) is 15.8 Å². The molecular weight excluding hydrogens is 792 g/mol. The second-order valence-electron chi connectivity index (χ2n) is 14.2. The Morgan fingerprint density at radius 3 is 2.36 bits per heavy atom. The van der Waals surface area contributed by atoms with Gasteiger partial charge in [-0.25, -0.2) is 28.4 Å². The van der Waals surface area contributed by atoms with E-state index in [1.54, 1.807) is 59.8 Å². The number of carbonyl (C=O) groups excluding carboxylic acids is 3. The molecule has 0 radical (unpaired) electrons. The maximum atomic E-state index is 15.3. The third kappa shape index (κ3) is 11.3. The number of urea groups is 1. The largest absolute Gasteiger partial charge is 0.477 e. The molecule has 0 aliphatic carbocycles. The second-order valence-corrected chi connectivity index (χ2v) is 14.2. The number of rotatable bonds is 16. The molecule has 320 valence electrons. The van der Waals surface area contributed by atoms with Gasteiger partial charge in [-0.2, -0.15) is 0 Å². The smallest absolute Gasteiger partial charge is 0.410 e. The van der Waals surface area contributed by atoms with Crippen molar-refractivity contribution >= 4 is 52.2 Å². The number of benzene rings is 3. The summed E-state index contributed by atoms with van der Waals surface area (Å²) >= 11 is 0. The fraction of sp³-hybridized carbons (Fsp3) is 0.333. The number of carboxylic acids is 1. The number of nitrogens with one attached hydrogen (secondary N) is 2. The highest BCUT2D eigenvalue weighted by atomic mass is 19.1. The molecule has 18 nitrogen and oxygen atoms in total. The van der Waals surface area contributed by atoms with E-state index in [0.717, 1.165) is 11.6 Å². The van der Waals surface area contributed by atoms with Gasteiger partial charge >= 0.3 is 18.1 Å². The molecule has 5 N–H and O–H groups in total. The van der Waals surface area contributed by atoms with Gasteiger partial charge in [0.2, 0.25) is 11.3 Å². The van der Waals surface area contributed by atoms with Crippen molar-refractivity contribution < 1.29 is 38.1 Å². The molecule has 5 aromatic rings. The van der Waals surface area contributed by atoms with Crippen molar-refractivity contribution in [3.05, 3.63) is 118 Å². The number of aromatic carboxylic acids is 1. The fourth-order valence-electron chi connectivity index (χ4n) is 6.76. The van der Waals surface area contributed by atoms with Crippen molar-refractivity contribution in [2.24, 2.45) is 10.7 Å². The number of halogens is 1. The van der Waals surface area contributed by atoms with Crippen molar-refractivity contribution in [3.63, 3.8) is 0 Å². The van der Waals surface area contributed by atoms with Crippen molar-refractivity contribution in [2.45, 2.75) is 59.0 Å². The highest BCUT2D eigenvalue weighted by Gasteiger charge is 2.26. The molecule has 0 spiro atoms. The van der Waals surface area contributed by atoms with Crippen molar-refractivity contribution in [1.82, 2.24) is 29.8 Å². The lowest BCUT2D eigenvalue weighted by molar-refractivity contribution is -0.119. The molecule has 1 aliphatic heterocycles. The van der Waals surface area contributed by atoms with Gasteiger partial charge in [-0.1, -0.05) is 47.7 Å². The summed E-state index contributed by atoms with van der Waals surface area (Å²) in [6, 6.07) is 17.7. The van der Waals surface area contributed by atoms with E-state index in [0.29, 0.717) is 67.4 Å². The van der Waals surface area contributed by atoms with Crippen molar-refractivity contribution in [1.29, 1.82) is 0 Å². The average molecular weight is 839 g/mol. The number of pyridine rings is 1. The predicted octanol–water partition coefficient (Wildman–Crippen LogP) is 4.67. The van der Waals surface area contributed by atoms with Gasteiger partial charge in [0, 0.05) is 63.5 Å². The van der Waals surface area contributed by atoms with Crippen LogP contribution in [-0.2, 0) is 40.6 Å². The second kappa shape index (κ2) is 20.1. The number of ether oxygens (including phenoxy) is 2. The van der Waals surface area contributed by atoms with Crippen LogP contribution >= 0.6 is 0 Å². The minimum absolute atomic E-state index is 0.0177. The monoisotopic (exact) mass is 838 g/mol. The summed E-state index contributed by atoms with van der Waals surface area (Å²) in [6.45, 7) is 5.81. The zero-order valence-electron chi connectivity index (χ0n) is 33.8. The molecule has 3 aromatic carbocycles. The van der Waals surface area contributed by atoms with Crippen molar-refractivity contribution in [2.75, 3.05) is 42.9 Å². The summed E-state index contributed by atoms with van der Waals surface area (Å²) in [5, 5.41) is 23.2.